The summed E-state index contributed by atoms with van der Waals surface area (Å²) in [4.78, 5) is 1.56. The second-order valence-electron chi connectivity index (χ2n) is 3.68. The van der Waals surface area contributed by atoms with Crippen molar-refractivity contribution in [2.24, 2.45) is 0 Å². The summed E-state index contributed by atoms with van der Waals surface area (Å²) in [6.45, 7) is -0.435. The van der Waals surface area contributed by atoms with Gasteiger partial charge in [-0.1, -0.05) is 0 Å². The lowest BCUT2D eigenvalue weighted by molar-refractivity contribution is -0.268. The lowest BCUT2D eigenvalue weighted by Gasteiger charge is -2.42. The minimum Gasteiger partial charge on any atom is -0.394 e. The number of rotatable bonds is 2. The smallest absolute Gasteiger partial charge is 0.173 e. The van der Waals surface area contributed by atoms with Gasteiger partial charge in [0.1, 0.15) is 18.3 Å². The number of likely N-dealkylation sites (N-methyl/N-ethyl adjacent to an activating group) is 1. The highest BCUT2D eigenvalue weighted by Crippen LogP contribution is 2.22. The van der Waals surface area contributed by atoms with E-state index in [4.69, 9.17) is 9.84 Å². The van der Waals surface area contributed by atoms with E-state index in [9.17, 15) is 15.3 Å². The normalized spacial score (nSPS) is 44.4. The fourth-order valence-electron chi connectivity index (χ4n) is 1.64. The summed E-state index contributed by atoms with van der Waals surface area (Å²) in [5.74, 6) is 0. The fraction of sp³-hybridized carbons (Fsp3) is 1.00. The van der Waals surface area contributed by atoms with Crippen LogP contribution in [0.1, 0.15) is 0 Å². The van der Waals surface area contributed by atoms with Crippen molar-refractivity contribution in [2.75, 3.05) is 20.7 Å². The first-order chi connectivity index (χ1) is 6.49. The van der Waals surface area contributed by atoms with E-state index < -0.39 is 37.3 Å². The van der Waals surface area contributed by atoms with Gasteiger partial charge in [-0.15, -0.1) is 0 Å². The van der Waals surface area contributed by atoms with Crippen molar-refractivity contribution in [1.82, 2.24) is 4.90 Å². The average molecular weight is 207 g/mol. The molecular formula is C8H17NO5. The third-order valence-corrected chi connectivity index (χ3v) is 2.46. The van der Waals surface area contributed by atoms with Crippen molar-refractivity contribution in [1.29, 1.82) is 0 Å². The lowest BCUT2D eigenvalue weighted by Crippen LogP contribution is -2.62. The minimum atomic E-state index is -1.21. The maximum absolute atomic E-state index is 9.64. The molecule has 1 saturated heterocycles. The molecule has 0 saturated carbocycles. The van der Waals surface area contributed by atoms with Crippen molar-refractivity contribution < 1.29 is 25.2 Å². The van der Waals surface area contributed by atoms with E-state index in [1.807, 2.05) is 0 Å². The molecule has 0 unspecified atom stereocenters. The first-order valence-electron chi connectivity index (χ1n) is 4.46. The Bertz CT molecular complexity index is 189. The second-order valence-corrected chi connectivity index (χ2v) is 3.68. The van der Waals surface area contributed by atoms with Crippen molar-refractivity contribution in [3.63, 3.8) is 0 Å². The molecule has 1 aliphatic rings. The molecule has 1 heterocycles. The Morgan fingerprint density at radius 3 is 2.14 bits per heavy atom. The van der Waals surface area contributed by atoms with E-state index in [-0.39, 0.29) is 0 Å². The third kappa shape index (κ3) is 2.05. The van der Waals surface area contributed by atoms with Gasteiger partial charge < -0.3 is 25.2 Å². The number of nitrogens with zero attached hydrogens (tertiary/aromatic N) is 1. The predicted molar refractivity (Wildman–Crippen MR) is 47.5 cm³/mol. The third-order valence-electron chi connectivity index (χ3n) is 2.46. The Labute approximate surface area is 82.3 Å². The van der Waals surface area contributed by atoms with Crippen LogP contribution >= 0.6 is 0 Å². The van der Waals surface area contributed by atoms with Crippen LogP contribution < -0.4 is 0 Å². The second kappa shape index (κ2) is 4.52. The van der Waals surface area contributed by atoms with Crippen LogP contribution in [-0.2, 0) is 4.74 Å². The van der Waals surface area contributed by atoms with Crippen LogP contribution in [0.15, 0.2) is 0 Å². The summed E-state index contributed by atoms with van der Waals surface area (Å²) in [6, 6.07) is -0.687. The number of ether oxygens (including phenoxy) is 1. The summed E-state index contributed by atoms with van der Waals surface area (Å²) in [6.07, 6.45) is -4.46. The molecule has 84 valence electrons. The molecule has 0 amide bonds. The van der Waals surface area contributed by atoms with Gasteiger partial charge in [-0.05, 0) is 14.1 Å². The lowest BCUT2D eigenvalue weighted by atomic mass is 9.96. The molecule has 0 aromatic carbocycles. The van der Waals surface area contributed by atoms with Crippen LogP contribution in [0.25, 0.3) is 0 Å². The molecule has 1 fully saturated rings. The highest BCUT2D eigenvalue weighted by molar-refractivity contribution is 4.92. The average Bonchev–Trinajstić information content (AvgIpc) is 2.10. The van der Waals surface area contributed by atoms with Gasteiger partial charge in [-0.25, -0.2) is 0 Å². The van der Waals surface area contributed by atoms with Crippen molar-refractivity contribution in [3.05, 3.63) is 0 Å². The van der Waals surface area contributed by atoms with Crippen LogP contribution in [-0.4, -0.2) is 76.7 Å². The van der Waals surface area contributed by atoms with Gasteiger partial charge in [-0.2, -0.15) is 0 Å². The zero-order valence-electron chi connectivity index (χ0n) is 8.24. The Hall–Kier alpha value is -0.240. The number of hydrogen-bond donors (Lipinski definition) is 4. The molecule has 0 radical (unpaired) electrons. The Morgan fingerprint density at radius 1 is 1.14 bits per heavy atom. The molecule has 4 N–H and O–H groups in total. The molecule has 0 aromatic rings. The van der Waals surface area contributed by atoms with Gasteiger partial charge >= 0.3 is 0 Å². The molecule has 14 heavy (non-hydrogen) atoms. The first kappa shape index (κ1) is 11.8. The van der Waals surface area contributed by atoms with Gasteiger partial charge in [0.25, 0.3) is 0 Å². The summed E-state index contributed by atoms with van der Waals surface area (Å²) < 4.78 is 4.95. The summed E-state index contributed by atoms with van der Waals surface area (Å²) >= 11 is 0. The van der Waals surface area contributed by atoms with E-state index in [1.165, 1.54) is 0 Å². The van der Waals surface area contributed by atoms with E-state index in [2.05, 4.69) is 0 Å². The Morgan fingerprint density at radius 2 is 1.71 bits per heavy atom. The molecule has 0 spiro atoms. The van der Waals surface area contributed by atoms with Crippen LogP contribution in [0.4, 0.5) is 0 Å². The summed E-state index contributed by atoms with van der Waals surface area (Å²) in [7, 11) is 3.32. The molecule has 5 atom stereocenters. The monoisotopic (exact) mass is 207 g/mol. The fourth-order valence-corrected chi connectivity index (χ4v) is 1.64. The van der Waals surface area contributed by atoms with Gasteiger partial charge in [0.2, 0.25) is 0 Å². The first-order valence-corrected chi connectivity index (χ1v) is 4.46. The maximum Gasteiger partial charge on any atom is 0.173 e. The van der Waals surface area contributed by atoms with Crippen LogP contribution in [0, 0.1) is 0 Å². The molecule has 6 nitrogen and oxygen atoms in total. The molecule has 1 aliphatic heterocycles. The molecule has 1 rings (SSSR count). The van der Waals surface area contributed by atoms with Crippen molar-refractivity contribution in [2.45, 2.75) is 30.6 Å². The number of aliphatic hydroxyl groups excluding tert-OH is 4. The number of hydrogen-bond acceptors (Lipinski definition) is 6. The SMILES string of the molecule is CN(C)[C@@H]1[C@@H](O)[C@@H](O)[C@@H](CO)O[C@H]1O. The minimum absolute atomic E-state index is 0.435. The van der Waals surface area contributed by atoms with Crippen molar-refractivity contribution in [3.8, 4) is 0 Å². The molecule has 0 aromatic heterocycles. The number of aliphatic hydroxyl groups is 4. The van der Waals surface area contributed by atoms with Crippen LogP contribution in [0.5, 0.6) is 0 Å². The predicted octanol–water partition coefficient (Wildman–Crippen LogP) is -2.65. The van der Waals surface area contributed by atoms with E-state index >= 15 is 0 Å². The molecule has 6 heteroatoms. The van der Waals surface area contributed by atoms with E-state index in [0.717, 1.165) is 0 Å². The topological polar surface area (TPSA) is 93.4 Å². The molecule has 0 bridgehead atoms. The quantitative estimate of drug-likeness (QED) is 0.395. The van der Waals surface area contributed by atoms with Crippen molar-refractivity contribution >= 4 is 0 Å². The Balaban J connectivity index is 2.74. The highest BCUT2D eigenvalue weighted by atomic mass is 16.6. The zero-order valence-corrected chi connectivity index (χ0v) is 8.24. The van der Waals surface area contributed by atoms with Gasteiger partial charge in [0, 0.05) is 0 Å². The Kier molecular flexibility index (Phi) is 3.82. The zero-order chi connectivity index (χ0) is 10.9. The largest absolute Gasteiger partial charge is 0.394 e. The highest BCUT2D eigenvalue weighted by Gasteiger charge is 2.44. The van der Waals surface area contributed by atoms with Crippen LogP contribution in [0.2, 0.25) is 0 Å². The summed E-state index contributed by atoms with van der Waals surface area (Å²) in [5.41, 5.74) is 0. The van der Waals surface area contributed by atoms with Gasteiger partial charge in [0.05, 0.1) is 12.6 Å². The van der Waals surface area contributed by atoms with Gasteiger partial charge in [-0.3, -0.25) is 4.90 Å². The van der Waals surface area contributed by atoms with Gasteiger partial charge in [0.15, 0.2) is 6.29 Å². The molecular weight excluding hydrogens is 190 g/mol. The maximum atomic E-state index is 9.64. The summed E-state index contributed by atoms with van der Waals surface area (Å²) in [5, 5.41) is 37.4. The van der Waals surface area contributed by atoms with E-state index in [1.54, 1.807) is 19.0 Å². The standard InChI is InChI=1S/C8H17NO5/c1-9(2)5-7(12)6(11)4(3-10)14-8(5)13/h4-8,10-13H,3H2,1-2H3/t4-,5-,6+,7-,8-/m1/s1. The van der Waals surface area contributed by atoms with Crippen LogP contribution in [0.3, 0.4) is 0 Å². The molecule has 0 aliphatic carbocycles. The van der Waals surface area contributed by atoms with E-state index in [0.29, 0.717) is 0 Å².